The maximum absolute atomic E-state index is 12.3. The monoisotopic (exact) mass is 254 g/mol. The van der Waals surface area contributed by atoms with E-state index in [-0.39, 0.29) is 17.6 Å². The fourth-order valence-electron chi connectivity index (χ4n) is 2.51. The molecule has 18 heavy (non-hydrogen) atoms. The molecule has 1 aliphatic carbocycles. The molecule has 1 amide bonds. The van der Waals surface area contributed by atoms with Crippen LogP contribution in [0.25, 0.3) is 0 Å². The average Bonchev–Trinajstić information content (AvgIpc) is 3.13. The van der Waals surface area contributed by atoms with Crippen molar-refractivity contribution in [3.05, 3.63) is 0 Å². The molecule has 1 heterocycles. The lowest BCUT2D eigenvalue weighted by atomic mass is 9.99. The van der Waals surface area contributed by atoms with E-state index in [1.807, 2.05) is 11.8 Å². The molecule has 1 saturated carbocycles. The van der Waals surface area contributed by atoms with Gasteiger partial charge >= 0.3 is 0 Å². The van der Waals surface area contributed by atoms with E-state index in [4.69, 9.17) is 4.74 Å². The lowest BCUT2D eigenvalue weighted by molar-refractivity contribution is -0.133. The lowest BCUT2D eigenvalue weighted by Gasteiger charge is -2.21. The summed E-state index contributed by atoms with van der Waals surface area (Å²) in [5.74, 6) is 1.06. The minimum Gasteiger partial charge on any atom is -0.381 e. The Morgan fingerprint density at radius 1 is 1.50 bits per heavy atom. The summed E-state index contributed by atoms with van der Waals surface area (Å²) in [6.07, 6.45) is 4.58. The van der Waals surface area contributed by atoms with Crippen molar-refractivity contribution in [2.75, 3.05) is 19.8 Å². The van der Waals surface area contributed by atoms with E-state index in [0.717, 1.165) is 38.5 Å². The Kier molecular flexibility index (Phi) is 4.28. The Morgan fingerprint density at radius 2 is 2.22 bits per heavy atom. The van der Waals surface area contributed by atoms with Crippen molar-refractivity contribution in [2.24, 2.45) is 5.92 Å². The van der Waals surface area contributed by atoms with E-state index < -0.39 is 0 Å². The van der Waals surface area contributed by atoms with Gasteiger partial charge in [-0.1, -0.05) is 6.92 Å². The van der Waals surface area contributed by atoms with E-state index in [9.17, 15) is 4.79 Å². The third kappa shape index (κ3) is 3.04. The zero-order chi connectivity index (χ0) is 13.2. The lowest BCUT2D eigenvalue weighted by Crippen LogP contribution is -2.43. The number of carbonyl (C=O) groups excluding carboxylic acids is 1. The number of ether oxygens (including phenoxy) is 1. The summed E-state index contributed by atoms with van der Waals surface area (Å²) >= 11 is 0. The van der Waals surface area contributed by atoms with E-state index >= 15 is 0 Å². The molecule has 2 rings (SSSR count). The van der Waals surface area contributed by atoms with Crippen LogP contribution in [0, 0.1) is 5.92 Å². The molecule has 1 aliphatic heterocycles. The quantitative estimate of drug-likeness (QED) is 0.704. The highest BCUT2D eigenvalue weighted by molar-refractivity contribution is 5.88. The smallest absolute Gasteiger partial charge is 0.243 e. The van der Waals surface area contributed by atoms with Crippen LogP contribution in [-0.2, 0) is 9.53 Å². The number of hydrogen-bond acceptors (Lipinski definition) is 3. The zero-order valence-electron chi connectivity index (χ0n) is 11.9. The standard InChI is InChI=1S/C14H26N2O2/c1-4-14(3)13(17)16(11(2)15-14)8-5-9-18-10-12-6-7-12/h11-12,15H,4-10H2,1-3H3. The van der Waals surface area contributed by atoms with E-state index in [1.165, 1.54) is 12.8 Å². The first kappa shape index (κ1) is 13.8. The summed E-state index contributed by atoms with van der Waals surface area (Å²) in [6.45, 7) is 8.59. The van der Waals surface area contributed by atoms with Gasteiger partial charge in [-0.05, 0) is 45.4 Å². The van der Waals surface area contributed by atoms with Gasteiger partial charge in [0.25, 0.3) is 0 Å². The van der Waals surface area contributed by atoms with Gasteiger partial charge in [-0.3, -0.25) is 10.1 Å². The van der Waals surface area contributed by atoms with Crippen LogP contribution in [0.3, 0.4) is 0 Å². The Hall–Kier alpha value is -0.610. The van der Waals surface area contributed by atoms with E-state index in [2.05, 4.69) is 19.2 Å². The number of nitrogens with zero attached hydrogens (tertiary/aromatic N) is 1. The molecule has 1 saturated heterocycles. The predicted molar refractivity (Wildman–Crippen MR) is 71.2 cm³/mol. The Bertz CT molecular complexity index is 304. The van der Waals surface area contributed by atoms with Crippen LogP contribution < -0.4 is 5.32 Å². The zero-order valence-corrected chi connectivity index (χ0v) is 11.9. The van der Waals surface area contributed by atoms with Gasteiger partial charge < -0.3 is 9.64 Å². The van der Waals surface area contributed by atoms with Crippen molar-refractivity contribution in [2.45, 2.75) is 58.2 Å². The number of amides is 1. The molecular formula is C14H26N2O2. The van der Waals surface area contributed by atoms with Crippen molar-refractivity contribution < 1.29 is 9.53 Å². The molecule has 0 radical (unpaired) electrons. The number of hydrogen-bond donors (Lipinski definition) is 1. The predicted octanol–water partition coefficient (Wildman–Crippen LogP) is 1.75. The van der Waals surface area contributed by atoms with Crippen LogP contribution in [0.1, 0.15) is 46.5 Å². The third-order valence-electron chi connectivity index (χ3n) is 4.17. The molecule has 2 unspecified atom stereocenters. The second-order valence-electron chi connectivity index (χ2n) is 5.88. The minimum absolute atomic E-state index is 0.144. The summed E-state index contributed by atoms with van der Waals surface area (Å²) in [5, 5.41) is 3.38. The van der Waals surface area contributed by atoms with Gasteiger partial charge in [-0.15, -0.1) is 0 Å². The van der Waals surface area contributed by atoms with Crippen LogP contribution >= 0.6 is 0 Å². The van der Waals surface area contributed by atoms with Gasteiger partial charge in [-0.25, -0.2) is 0 Å². The van der Waals surface area contributed by atoms with Gasteiger partial charge in [-0.2, -0.15) is 0 Å². The highest BCUT2D eigenvalue weighted by atomic mass is 16.5. The van der Waals surface area contributed by atoms with Crippen molar-refractivity contribution in [1.29, 1.82) is 0 Å². The summed E-state index contributed by atoms with van der Waals surface area (Å²) in [5.41, 5.74) is -0.367. The molecule has 0 bridgehead atoms. The Labute approximate surface area is 110 Å². The first-order valence-electron chi connectivity index (χ1n) is 7.23. The highest BCUT2D eigenvalue weighted by Gasteiger charge is 2.44. The van der Waals surface area contributed by atoms with Gasteiger partial charge in [0.2, 0.25) is 5.91 Å². The maximum atomic E-state index is 12.3. The number of carbonyl (C=O) groups is 1. The van der Waals surface area contributed by atoms with Crippen LogP contribution in [0.5, 0.6) is 0 Å². The van der Waals surface area contributed by atoms with Crippen LogP contribution in [-0.4, -0.2) is 42.3 Å². The first-order chi connectivity index (χ1) is 8.57. The topological polar surface area (TPSA) is 41.6 Å². The van der Waals surface area contributed by atoms with Gasteiger partial charge in [0.15, 0.2) is 0 Å². The van der Waals surface area contributed by atoms with Gasteiger partial charge in [0, 0.05) is 19.8 Å². The molecule has 4 nitrogen and oxygen atoms in total. The highest BCUT2D eigenvalue weighted by Crippen LogP contribution is 2.28. The summed E-state index contributed by atoms with van der Waals surface area (Å²) in [4.78, 5) is 14.2. The van der Waals surface area contributed by atoms with Gasteiger partial charge in [0.05, 0.1) is 11.7 Å². The normalized spacial score (nSPS) is 32.3. The summed E-state index contributed by atoms with van der Waals surface area (Å²) in [7, 11) is 0. The Balaban J connectivity index is 1.69. The molecule has 0 aromatic rings. The molecule has 1 N–H and O–H groups in total. The second-order valence-corrected chi connectivity index (χ2v) is 5.88. The molecule has 2 atom stereocenters. The molecule has 2 aliphatic rings. The molecule has 0 spiro atoms. The average molecular weight is 254 g/mol. The van der Waals surface area contributed by atoms with Crippen molar-refractivity contribution in [3.63, 3.8) is 0 Å². The summed E-state index contributed by atoms with van der Waals surface area (Å²) in [6, 6.07) is 0. The molecule has 4 heteroatoms. The molecule has 0 aromatic carbocycles. The molecule has 0 aromatic heterocycles. The van der Waals surface area contributed by atoms with Gasteiger partial charge in [0.1, 0.15) is 0 Å². The van der Waals surface area contributed by atoms with E-state index in [1.54, 1.807) is 0 Å². The van der Waals surface area contributed by atoms with E-state index in [0.29, 0.717) is 0 Å². The van der Waals surface area contributed by atoms with Crippen molar-refractivity contribution >= 4 is 5.91 Å². The van der Waals surface area contributed by atoms with Crippen LogP contribution in [0.2, 0.25) is 0 Å². The van der Waals surface area contributed by atoms with Crippen LogP contribution in [0.15, 0.2) is 0 Å². The Morgan fingerprint density at radius 3 is 2.78 bits per heavy atom. The molecule has 2 fully saturated rings. The summed E-state index contributed by atoms with van der Waals surface area (Å²) < 4.78 is 5.61. The second kappa shape index (κ2) is 5.57. The molecular weight excluding hydrogens is 228 g/mol. The van der Waals surface area contributed by atoms with Crippen LogP contribution in [0.4, 0.5) is 0 Å². The SMILES string of the molecule is CCC1(C)NC(C)N(CCCOCC2CC2)C1=O. The number of rotatable bonds is 7. The number of nitrogens with one attached hydrogen (secondary N) is 1. The maximum Gasteiger partial charge on any atom is 0.243 e. The fourth-order valence-corrected chi connectivity index (χ4v) is 2.51. The fraction of sp³-hybridized carbons (Fsp3) is 0.929. The third-order valence-corrected chi connectivity index (χ3v) is 4.17. The minimum atomic E-state index is -0.367. The van der Waals surface area contributed by atoms with Crippen molar-refractivity contribution in [3.8, 4) is 0 Å². The molecule has 104 valence electrons. The first-order valence-corrected chi connectivity index (χ1v) is 7.23. The largest absolute Gasteiger partial charge is 0.381 e. The van der Waals surface area contributed by atoms with Crippen molar-refractivity contribution in [1.82, 2.24) is 10.2 Å².